The normalized spacial score (nSPS) is 34.3. The van der Waals surface area contributed by atoms with Crippen LogP contribution in [0.15, 0.2) is 28.7 Å². The minimum Gasteiger partial charge on any atom is -0.381 e. The topological polar surface area (TPSA) is 21.3 Å². The second-order valence-electron chi connectivity index (χ2n) is 6.37. The van der Waals surface area contributed by atoms with Gasteiger partial charge in [0, 0.05) is 24.0 Å². The molecule has 1 aromatic carbocycles. The average Bonchev–Trinajstić information content (AvgIpc) is 2.49. The molecular weight excluding hydrogens is 314 g/mol. The molecular formula is C17H24BrNO. The number of methoxy groups -OCH3 is 1. The van der Waals surface area contributed by atoms with Crippen LogP contribution in [0.25, 0.3) is 0 Å². The second kappa shape index (κ2) is 6.17. The van der Waals surface area contributed by atoms with Crippen molar-refractivity contribution in [3.8, 4) is 0 Å². The number of hydrogen-bond acceptors (Lipinski definition) is 2. The molecule has 1 saturated heterocycles. The number of halogens is 1. The molecule has 0 aromatic heterocycles. The third kappa shape index (κ3) is 2.81. The Morgan fingerprint density at radius 1 is 1.25 bits per heavy atom. The van der Waals surface area contributed by atoms with Gasteiger partial charge < -0.3 is 10.1 Å². The standard InChI is InChI=1S/C17H24BrNO/c1-20-15-3-2-8-17(11-15)9-10-19-12-16(17)13-4-6-14(18)7-5-13/h4-7,15-16,19H,2-3,8-12H2,1H3. The molecule has 110 valence electrons. The monoisotopic (exact) mass is 337 g/mol. The van der Waals surface area contributed by atoms with Crippen LogP contribution < -0.4 is 5.32 Å². The first-order chi connectivity index (χ1) is 9.73. The van der Waals surface area contributed by atoms with Gasteiger partial charge in [-0.1, -0.05) is 34.5 Å². The first-order valence-electron chi connectivity index (χ1n) is 7.72. The van der Waals surface area contributed by atoms with Crippen molar-refractivity contribution in [2.24, 2.45) is 5.41 Å². The summed E-state index contributed by atoms with van der Waals surface area (Å²) in [5, 5.41) is 3.60. The molecule has 0 radical (unpaired) electrons. The van der Waals surface area contributed by atoms with Crippen LogP contribution in [-0.2, 0) is 4.74 Å². The third-order valence-electron chi connectivity index (χ3n) is 5.33. The SMILES string of the molecule is COC1CCCC2(CCNCC2c2ccc(Br)cc2)C1. The lowest BCUT2D eigenvalue weighted by Crippen LogP contribution is -2.47. The minimum absolute atomic E-state index is 0.442. The maximum atomic E-state index is 5.69. The Hall–Kier alpha value is -0.380. The largest absolute Gasteiger partial charge is 0.381 e. The third-order valence-corrected chi connectivity index (χ3v) is 5.86. The van der Waals surface area contributed by atoms with Crippen LogP contribution in [0.5, 0.6) is 0 Å². The van der Waals surface area contributed by atoms with E-state index < -0.39 is 0 Å². The molecule has 0 bridgehead atoms. The fourth-order valence-corrected chi connectivity index (χ4v) is 4.49. The van der Waals surface area contributed by atoms with Crippen LogP contribution in [0.3, 0.4) is 0 Å². The molecule has 1 saturated carbocycles. The van der Waals surface area contributed by atoms with E-state index in [-0.39, 0.29) is 0 Å². The van der Waals surface area contributed by atoms with Crippen molar-refractivity contribution >= 4 is 15.9 Å². The van der Waals surface area contributed by atoms with Crippen molar-refractivity contribution in [3.05, 3.63) is 34.3 Å². The van der Waals surface area contributed by atoms with Crippen molar-refractivity contribution in [1.82, 2.24) is 5.32 Å². The summed E-state index contributed by atoms with van der Waals surface area (Å²) in [5.74, 6) is 0.627. The van der Waals surface area contributed by atoms with Gasteiger partial charge in [0.15, 0.2) is 0 Å². The zero-order valence-corrected chi connectivity index (χ0v) is 13.8. The molecule has 1 aromatic rings. The number of rotatable bonds is 2. The van der Waals surface area contributed by atoms with Crippen LogP contribution >= 0.6 is 15.9 Å². The summed E-state index contributed by atoms with van der Waals surface area (Å²) < 4.78 is 6.86. The van der Waals surface area contributed by atoms with Crippen molar-refractivity contribution < 1.29 is 4.74 Å². The quantitative estimate of drug-likeness (QED) is 0.877. The molecule has 0 amide bonds. The van der Waals surface area contributed by atoms with Crippen molar-refractivity contribution in [2.75, 3.05) is 20.2 Å². The molecule has 2 fully saturated rings. The fraction of sp³-hybridized carbons (Fsp3) is 0.647. The summed E-state index contributed by atoms with van der Waals surface area (Å²) in [7, 11) is 1.87. The lowest BCUT2D eigenvalue weighted by Gasteiger charge is -2.49. The Kier molecular flexibility index (Phi) is 4.49. The Labute approximate surface area is 130 Å². The minimum atomic E-state index is 0.442. The molecule has 3 atom stereocenters. The van der Waals surface area contributed by atoms with Gasteiger partial charge in [0.1, 0.15) is 0 Å². The molecule has 2 nitrogen and oxygen atoms in total. The lowest BCUT2D eigenvalue weighted by atomic mass is 9.60. The van der Waals surface area contributed by atoms with E-state index in [0.29, 0.717) is 17.4 Å². The van der Waals surface area contributed by atoms with Gasteiger partial charge >= 0.3 is 0 Å². The predicted molar refractivity (Wildman–Crippen MR) is 86.1 cm³/mol. The van der Waals surface area contributed by atoms with Crippen LogP contribution in [0.4, 0.5) is 0 Å². The summed E-state index contributed by atoms with van der Waals surface area (Å²) in [6.45, 7) is 2.27. The van der Waals surface area contributed by atoms with Crippen molar-refractivity contribution in [2.45, 2.75) is 44.1 Å². The highest BCUT2D eigenvalue weighted by Crippen LogP contribution is 2.51. The highest BCUT2D eigenvalue weighted by Gasteiger charge is 2.44. The molecule has 2 aliphatic rings. The summed E-state index contributed by atoms with van der Waals surface area (Å²) in [4.78, 5) is 0. The van der Waals surface area contributed by atoms with Gasteiger partial charge in [-0.3, -0.25) is 0 Å². The maximum absolute atomic E-state index is 5.69. The first-order valence-corrected chi connectivity index (χ1v) is 8.52. The van der Waals surface area contributed by atoms with Crippen LogP contribution in [0.2, 0.25) is 0 Å². The molecule has 3 heteroatoms. The van der Waals surface area contributed by atoms with E-state index in [1.54, 1.807) is 0 Å². The highest BCUT2D eigenvalue weighted by atomic mass is 79.9. The van der Waals surface area contributed by atoms with Gasteiger partial charge in [-0.2, -0.15) is 0 Å². The van der Waals surface area contributed by atoms with Crippen molar-refractivity contribution in [3.63, 3.8) is 0 Å². The molecule has 1 aliphatic carbocycles. The van der Waals surface area contributed by atoms with E-state index in [1.165, 1.54) is 37.7 Å². The van der Waals surface area contributed by atoms with Gasteiger partial charge in [0.05, 0.1) is 6.10 Å². The molecule has 1 heterocycles. The summed E-state index contributed by atoms with van der Waals surface area (Å²) in [5.41, 5.74) is 1.93. The average molecular weight is 338 g/mol. The van der Waals surface area contributed by atoms with Crippen LogP contribution in [0.1, 0.15) is 43.6 Å². The van der Waals surface area contributed by atoms with Crippen LogP contribution in [0, 0.1) is 5.41 Å². The first kappa shape index (κ1) is 14.6. The van der Waals surface area contributed by atoms with Gasteiger partial charge in [-0.05, 0) is 55.3 Å². The van der Waals surface area contributed by atoms with E-state index in [4.69, 9.17) is 4.74 Å². The lowest BCUT2D eigenvalue weighted by molar-refractivity contribution is -0.0122. The van der Waals surface area contributed by atoms with Gasteiger partial charge in [-0.25, -0.2) is 0 Å². The Bertz CT molecular complexity index is 443. The Morgan fingerprint density at radius 3 is 2.80 bits per heavy atom. The summed E-state index contributed by atoms with van der Waals surface area (Å²) >= 11 is 3.54. The van der Waals surface area contributed by atoms with Gasteiger partial charge in [0.25, 0.3) is 0 Å². The van der Waals surface area contributed by atoms with E-state index in [2.05, 4.69) is 45.5 Å². The second-order valence-corrected chi connectivity index (χ2v) is 7.29. The fourth-order valence-electron chi connectivity index (χ4n) is 4.23. The summed E-state index contributed by atoms with van der Waals surface area (Å²) in [6, 6.07) is 8.93. The molecule has 1 spiro atoms. The zero-order chi connectivity index (χ0) is 14.0. The van der Waals surface area contributed by atoms with Crippen LogP contribution in [-0.4, -0.2) is 26.3 Å². The van der Waals surface area contributed by atoms with E-state index in [1.807, 2.05) is 7.11 Å². The van der Waals surface area contributed by atoms with Gasteiger partial charge in [-0.15, -0.1) is 0 Å². The molecule has 1 N–H and O–H groups in total. The number of benzene rings is 1. The van der Waals surface area contributed by atoms with E-state index in [0.717, 1.165) is 17.6 Å². The van der Waals surface area contributed by atoms with E-state index in [9.17, 15) is 0 Å². The molecule has 3 unspecified atom stereocenters. The number of nitrogens with one attached hydrogen (secondary N) is 1. The zero-order valence-electron chi connectivity index (χ0n) is 12.2. The van der Waals surface area contributed by atoms with Crippen molar-refractivity contribution in [1.29, 1.82) is 0 Å². The predicted octanol–water partition coefficient (Wildman–Crippen LogP) is 4.10. The number of hydrogen-bond donors (Lipinski definition) is 1. The maximum Gasteiger partial charge on any atom is 0.0576 e. The molecule has 3 rings (SSSR count). The Morgan fingerprint density at radius 2 is 2.05 bits per heavy atom. The number of piperidine rings is 1. The van der Waals surface area contributed by atoms with E-state index >= 15 is 0 Å². The molecule has 20 heavy (non-hydrogen) atoms. The smallest absolute Gasteiger partial charge is 0.0576 e. The Balaban J connectivity index is 1.88. The highest BCUT2D eigenvalue weighted by molar-refractivity contribution is 9.10. The van der Waals surface area contributed by atoms with Gasteiger partial charge in [0.2, 0.25) is 0 Å². The summed E-state index contributed by atoms with van der Waals surface area (Å²) in [6.07, 6.45) is 6.87. The molecule has 1 aliphatic heterocycles. The number of ether oxygens (including phenoxy) is 1.